The monoisotopic (exact) mass is 373 g/mol. The van der Waals surface area contributed by atoms with Gasteiger partial charge in [-0.2, -0.15) is 5.26 Å². The van der Waals surface area contributed by atoms with Gasteiger partial charge >= 0.3 is 0 Å². The van der Waals surface area contributed by atoms with Crippen molar-refractivity contribution in [3.8, 4) is 11.8 Å². The summed E-state index contributed by atoms with van der Waals surface area (Å²) in [5.74, 6) is 1.32. The highest BCUT2D eigenvalue weighted by atomic mass is 31.2. The number of piperidine rings is 1. The molecule has 7 heteroatoms. The maximum atomic E-state index is 9.56. The van der Waals surface area contributed by atoms with Crippen LogP contribution in [0.5, 0.6) is 5.75 Å². The fourth-order valence-electron chi connectivity index (χ4n) is 3.74. The number of fused-ring (bicyclic) bond motifs is 1. The summed E-state index contributed by atoms with van der Waals surface area (Å²) in [6, 6.07) is 8.10. The Kier molecular flexibility index (Phi) is 6.26. The highest BCUT2D eigenvalue weighted by molar-refractivity contribution is 7.45. The smallest absolute Gasteiger partial charge is 0.164 e. The first-order valence-corrected chi connectivity index (χ1v) is 10.3. The molecular weight excluding hydrogens is 349 g/mol. The number of aromatic nitrogens is 1. The maximum absolute atomic E-state index is 9.56. The van der Waals surface area contributed by atoms with Gasteiger partial charge in [-0.3, -0.25) is 4.98 Å². The highest BCUT2D eigenvalue weighted by Crippen LogP contribution is 2.36. The third-order valence-corrected chi connectivity index (χ3v) is 5.79. The molecule has 0 spiro atoms. The molecule has 1 fully saturated rings. The number of anilines is 1. The Morgan fingerprint density at radius 3 is 2.77 bits per heavy atom. The molecule has 3 rings (SSSR count). The van der Waals surface area contributed by atoms with Crippen LogP contribution in [0.4, 0.5) is 5.69 Å². The van der Waals surface area contributed by atoms with E-state index in [1.54, 1.807) is 13.3 Å². The van der Waals surface area contributed by atoms with E-state index in [0.717, 1.165) is 55.4 Å². The SMILES string of the molecule is COc1cccc2c(N3CCC(CCCP(O)O)CC3)c(C#N)cnc12. The molecule has 0 atom stereocenters. The maximum Gasteiger partial charge on any atom is 0.164 e. The molecule has 0 aliphatic carbocycles. The summed E-state index contributed by atoms with van der Waals surface area (Å²) in [6.07, 6.45) is 6.13. The summed E-state index contributed by atoms with van der Waals surface area (Å²) in [4.78, 5) is 24.8. The van der Waals surface area contributed by atoms with Crippen molar-refractivity contribution in [1.29, 1.82) is 5.26 Å². The molecule has 6 nitrogen and oxygen atoms in total. The molecule has 2 N–H and O–H groups in total. The molecule has 1 saturated heterocycles. The summed E-state index contributed by atoms with van der Waals surface area (Å²) >= 11 is 0. The van der Waals surface area contributed by atoms with Crippen LogP contribution in [0.15, 0.2) is 24.4 Å². The Hall–Kier alpha value is -1.93. The molecule has 2 heterocycles. The molecule has 1 aliphatic rings. The summed E-state index contributed by atoms with van der Waals surface area (Å²) in [5, 5.41) is 10.5. The van der Waals surface area contributed by atoms with Gasteiger partial charge in [-0.15, -0.1) is 0 Å². The Bertz CT molecular complexity index is 798. The van der Waals surface area contributed by atoms with Crippen molar-refractivity contribution in [3.63, 3.8) is 0 Å². The summed E-state index contributed by atoms with van der Waals surface area (Å²) in [5.41, 5.74) is 2.32. The molecular formula is C19H24N3O3P. The minimum Gasteiger partial charge on any atom is -0.494 e. The molecule has 1 aliphatic heterocycles. The van der Waals surface area contributed by atoms with Crippen molar-refractivity contribution in [2.24, 2.45) is 5.92 Å². The number of para-hydroxylation sites is 1. The van der Waals surface area contributed by atoms with Crippen LogP contribution in [0.3, 0.4) is 0 Å². The Balaban J connectivity index is 1.80. The zero-order chi connectivity index (χ0) is 18.5. The molecule has 0 amide bonds. The van der Waals surface area contributed by atoms with Crippen LogP contribution >= 0.6 is 8.38 Å². The standard InChI is InChI=1S/C19H24N3O3P/c1-25-17-6-2-5-16-18(17)21-13-15(12-20)19(16)22-9-7-14(8-10-22)4-3-11-26(23)24/h2,5-6,13-14,23-24H,3-4,7-11H2,1H3. The van der Waals surface area contributed by atoms with E-state index in [1.165, 1.54) is 0 Å². The molecule has 138 valence electrons. The van der Waals surface area contributed by atoms with Crippen molar-refractivity contribution >= 4 is 25.0 Å². The van der Waals surface area contributed by atoms with Crippen LogP contribution in [0.25, 0.3) is 10.9 Å². The average molecular weight is 373 g/mol. The fourth-order valence-corrected chi connectivity index (χ4v) is 4.20. The first kappa shape index (κ1) is 18.8. The predicted molar refractivity (Wildman–Crippen MR) is 103 cm³/mol. The number of nitriles is 1. The van der Waals surface area contributed by atoms with E-state index >= 15 is 0 Å². The number of nitrogens with zero attached hydrogens (tertiary/aromatic N) is 3. The quantitative estimate of drug-likeness (QED) is 0.755. The molecule has 1 aromatic carbocycles. The van der Waals surface area contributed by atoms with Gasteiger partial charge in [-0.25, -0.2) is 0 Å². The van der Waals surface area contributed by atoms with Gasteiger partial charge in [0.1, 0.15) is 17.3 Å². The number of pyridine rings is 1. The van der Waals surface area contributed by atoms with Crippen molar-refractivity contribution in [1.82, 2.24) is 4.98 Å². The predicted octanol–water partition coefficient (Wildman–Crippen LogP) is 3.41. The number of ether oxygens (including phenoxy) is 1. The first-order valence-electron chi connectivity index (χ1n) is 8.90. The first-order chi connectivity index (χ1) is 12.6. The average Bonchev–Trinajstić information content (AvgIpc) is 2.67. The van der Waals surface area contributed by atoms with E-state index in [9.17, 15) is 5.26 Å². The lowest BCUT2D eigenvalue weighted by Crippen LogP contribution is -2.34. The van der Waals surface area contributed by atoms with Crippen LogP contribution in [-0.2, 0) is 0 Å². The lowest BCUT2D eigenvalue weighted by Gasteiger charge is -2.34. The Labute approximate surface area is 155 Å². The molecule has 0 saturated carbocycles. The zero-order valence-electron chi connectivity index (χ0n) is 14.9. The highest BCUT2D eigenvalue weighted by Gasteiger charge is 2.23. The summed E-state index contributed by atoms with van der Waals surface area (Å²) < 4.78 is 5.42. The molecule has 0 unspecified atom stereocenters. The topological polar surface area (TPSA) is 89.6 Å². The van der Waals surface area contributed by atoms with Gasteiger partial charge in [0, 0.05) is 30.8 Å². The molecule has 0 radical (unpaired) electrons. The van der Waals surface area contributed by atoms with Crippen molar-refractivity contribution in [3.05, 3.63) is 30.0 Å². The van der Waals surface area contributed by atoms with Gasteiger partial charge in [-0.05, 0) is 37.7 Å². The van der Waals surface area contributed by atoms with Crippen molar-refractivity contribution < 1.29 is 14.5 Å². The Morgan fingerprint density at radius 1 is 1.35 bits per heavy atom. The minimum absolute atomic E-state index is 0.503. The van der Waals surface area contributed by atoms with Gasteiger partial charge in [0.15, 0.2) is 8.38 Å². The van der Waals surface area contributed by atoms with E-state index in [0.29, 0.717) is 23.4 Å². The van der Waals surface area contributed by atoms with Gasteiger partial charge in [0.05, 0.1) is 18.4 Å². The molecule has 0 bridgehead atoms. The van der Waals surface area contributed by atoms with Gasteiger partial charge in [0.25, 0.3) is 0 Å². The summed E-state index contributed by atoms with van der Waals surface area (Å²) in [7, 11) is -0.140. The van der Waals surface area contributed by atoms with Crippen LogP contribution in [0.2, 0.25) is 0 Å². The largest absolute Gasteiger partial charge is 0.494 e. The lowest BCUT2D eigenvalue weighted by molar-refractivity contribution is 0.376. The zero-order valence-corrected chi connectivity index (χ0v) is 15.8. The lowest BCUT2D eigenvalue weighted by atomic mass is 9.91. The third-order valence-electron chi connectivity index (χ3n) is 5.07. The van der Waals surface area contributed by atoms with E-state index in [4.69, 9.17) is 14.5 Å². The van der Waals surface area contributed by atoms with Gasteiger partial charge < -0.3 is 19.4 Å². The molecule has 2 aromatic rings. The normalized spacial score (nSPS) is 15.4. The number of hydrogen-bond acceptors (Lipinski definition) is 6. The van der Waals surface area contributed by atoms with Crippen molar-refractivity contribution in [2.45, 2.75) is 25.7 Å². The molecule has 26 heavy (non-hydrogen) atoms. The van der Waals surface area contributed by atoms with Crippen LogP contribution in [-0.4, -0.2) is 41.1 Å². The van der Waals surface area contributed by atoms with Crippen LogP contribution in [0, 0.1) is 17.2 Å². The molecule has 1 aromatic heterocycles. The van der Waals surface area contributed by atoms with Crippen LogP contribution < -0.4 is 9.64 Å². The van der Waals surface area contributed by atoms with E-state index in [1.807, 2.05) is 18.2 Å². The second kappa shape index (κ2) is 8.64. The minimum atomic E-state index is -1.77. The van der Waals surface area contributed by atoms with Gasteiger partial charge in [-0.1, -0.05) is 12.1 Å². The van der Waals surface area contributed by atoms with E-state index in [-0.39, 0.29) is 0 Å². The van der Waals surface area contributed by atoms with Crippen molar-refractivity contribution in [2.75, 3.05) is 31.3 Å². The third kappa shape index (κ3) is 4.07. The Morgan fingerprint density at radius 2 is 2.12 bits per heavy atom. The van der Waals surface area contributed by atoms with E-state index in [2.05, 4.69) is 16.0 Å². The summed E-state index contributed by atoms with van der Waals surface area (Å²) in [6.45, 7) is 1.78. The van der Waals surface area contributed by atoms with Crippen LogP contribution in [0.1, 0.15) is 31.2 Å². The number of benzene rings is 1. The van der Waals surface area contributed by atoms with Gasteiger partial charge in [0.2, 0.25) is 0 Å². The van der Waals surface area contributed by atoms with E-state index < -0.39 is 8.38 Å². The second-order valence-electron chi connectivity index (χ2n) is 6.66. The number of hydrogen-bond donors (Lipinski definition) is 2. The fraction of sp³-hybridized carbons (Fsp3) is 0.474. The number of methoxy groups -OCH3 is 1. The number of rotatable bonds is 6. The second-order valence-corrected chi connectivity index (χ2v) is 7.85.